The van der Waals surface area contributed by atoms with E-state index in [4.69, 9.17) is 9.47 Å². The minimum Gasteiger partial charge on any atom is -0.493 e. The molecule has 2 aliphatic rings. The van der Waals surface area contributed by atoms with E-state index in [0.717, 1.165) is 54.7 Å². The van der Waals surface area contributed by atoms with Crippen molar-refractivity contribution >= 4 is 23.1 Å². The molecule has 4 rings (SSSR count). The zero-order valence-electron chi connectivity index (χ0n) is 22.9. The van der Waals surface area contributed by atoms with Crippen molar-refractivity contribution in [2.45, 2.75) is 78.7 Å². The highest BCUT2D eigenvalue weighted by atomic mass is 16.5. The quantitative estimate of drug-likeness (QED) is 0.366. The minimum atomic E-state index is -0.557. The number of methoxy groups -OCH3 is 1. The van der Waals surface area contributed by atoms with E-state index in [9.17, 15) is 9.59 Å². The molecule has 0 saturated carbocycles. The molecule has 6 heteroatoms. The molecule has 1 amide bonds. The van der Waals surface area contributed by atoms with Gasteiger partial charge in [0.05, 0.1) is 31.1 Å². The second-order valence-electron chi connectivity index (χ2n) is 10.9. The molecule has 2 aromatic rings. The summed E-state index contributed by atoms with van der Waals surface area (Å²) < 4.78 is 11.6. The van der Waals surface area contributed by atoms with Gasteiger partial charge >= 0.3 is 0 Å². The molecule has 37 heavy (non-hydrogen) atoms. The van der Waals surface area contributed by atoms with Gasteiger partial charge in [0.2, 0.25) is 5.91 Å². The van der Waals surface area contributed by atoms with Crippen molar-refractivity contribution in [2.75, 3.05) is 23.9 Å². The Balaban J connectivity index is 1.92. The van der Waals surface area contributed by atoms with Crippen LogP contribution in [0.1, 0.15) is 84.2 Å². The number of benzene rings is 2. The Hall–Kier alpha value is -3.28. The van der Waals surface area contributed by atoms with Gasteiger partial charge in [-0.15, -0.1) is 0 Å². The molecule has 1 heterocycles. The third-order valence-corrected chi connectivity index (χ3v) is 7.13. The van der Waals surface area contributed by atoms with Gasteiger partial charge in [-0.05, 0) is 54.5 Å². The molecule has 0 aromatic heterocycles. The number of unbranched alkanes of at least 4 members (excludes halogenated alkanes) is 2. The maximum Gasteiger partial charge on any atom is 0.227 e. The van der Waals surface area contributed by atoms with E-state index in [0.29, 0.717) is 36.5 Å². The standard InChI is InChI=1S/C31H40N2O4/c1-6-8-9-14-28(35)33-24-13-11-10-12-22(24)32-23-19-31(3,4)20-25(34)29(23)30(33)21-15-16-26(37-17-7-2)27(18-21)36-5/h10-13,15-16,18,30,32H,6-9,14,17,19-20H2,1-5H3/t30-/m0/s1. The number of anilines is 2. The Labute approximate surface area is 221 Å². The molecule has 0 spiro atoms. The second kappa shape index (κ2) is 11.4. The molecule has 0 radical (unpaired) electrons. The van der Waals surface area contributed by atoms with E-state index in [1.54, 1.807) is 7.11 Å². The third-order valence-electron chi connectivity index (χ3n) is 7.13. The van der Waals surface area contributed by atoms with Crippen molar-refractivity contribution in [1.29, 1.82) is 0 Å². The van der Waals surface area contributed by atoms with E-state index in [1.165, 1.54) is 0 Å². The number of hydrogen-bond acceptors (Lipinski definition) is 5. The van der Waals surface area contributed by atoms with Gasteiger partial charge in [-0.2, -0.15) is 0 Å². The van der Waals surface area contributed by atoms with E-state index in [1.807, 2.05) is 47.4 Å². The van der Waals surface area contributed by atoms with Crippen LogP contribution in [-0.2, 0) is 9.59 Å². The molecule has 0 bridgehead atoms. The van der Waals surface area contributed by atoms with Crippen LogP contribution in [0.3, 0.4) is 0 Å². The number of Topliss-reactive ketones (excluding diaryl/α,β-unsaturated/α-hetero) is 1. The highest BCUT2D eigenvalue weighted by Gasteiger charge is 2.43. The molecule has 1 aliphatic carbocycles. The number of fused-ring (bicyclic) bond motifs is 1. The number of nitrogens with zero attached hydrogens (tertiary/aromatic N) is 1. The van der Waals surface area contributed by atoms with Crippen LogP contribution in [0.5, 0.6) is 11.5 Å². The van der Waals surface area contributed by atoms with E-state index < -0.39 is 6.04 Å². The molecule has 1 aliphatic heterocycles. The average molecular weight is 505 g/mol. The molecule has 0 unspecified atom stereocenters. The predicted octanol–water partition coefficient (Wildman–Crippen LogP) is 7.21. The number of allylic oxidation sites excluding steroid dienone is 1. The van der Waals surface area contributed by atoms with Crippen LogP contribution in [0.25, 0.3) is 0 Å². The summed E-state index contributed by atoms with van der Waals surface area (Å²) in [4.78, 5) is 29.6. The van der Waals surface area contributed by atoms with Crippen molar-refractivity contribution in [1.82, 2.24) is 0 Å². The summed E-state index contributed by atoms with van der Waals surface area (Å²) in [6, 6.07) is 13.1. The lowest BCUT2D eigenvalue weighted by molar-refractivity contribution is -0.119. The number of amides is 1. The molecule has 2 aromatic carbocycles. The molecule has 0 saturated heterocycles. The number of ketones is 1. The van der Waals surface area contributed by atoms with Crippen molar-refractivity contribution in [3.8, 4) is 11.5 Å². The maximum absolute atomic E-state index is 14.0. The van der Waals surface area contributed by atoms with Gasteiger partial charge < -0.3 is 14.8 Å². The van der Waals surface area contributed by atoms with Gasteiger partial charge in [-0.3, -0.25) is 14.5 Å². The Bertz CT molecular complexity index is 1180. The van der Waals surface area contributed by atoms with Crippen LogP contribution < -0.4 is 19.7 Å². The van der Waals surface area contributed by atoms with Gasteiger partial charge in [0.15, 0.2) is 17.3 Å². The van der Waals surface area contributed by atoms with Crippen LogP contribution in [0, 0.1) is 5.41 Å². The predicted molar refractivity (Wildman–Crippen MR) is 148 cm³/mol. The van der Waals surface area contributed by atoms with Crippen molar-refractivity contribution in [3.63, 3.8) is 0 Å². The molecule has 6 nitrogen and oxygen atoms in total. The second-order valence-corrected chi connectivity index (χ2v) is 10.9. The smallest absolute Gasteiger partial charge is 0.227 e. The molecule has 1 atom stereocenters. The van der Waals surface area contributed by atoms with Crippen LogP contribution >= 0.6 is 0 Å². The fraction of sp³-hybridized carbons (Fsp3) is 0.484. The number of carbonyl (C=O) groups excluding carboxylic acids is 2. The number of carbonyl (C=O) groups is 2. The third kappa shape index (κ3) is 5.68. The largest absolute Gasteiger partial charge is 0.493 e. The first-order valence-corrected chi connectivity index (χ1v) is 13.5. The highest BCUT2D eigenvalue weighted by molar-refractivity contribution is 6.06. The summed E-state index contributed by atoms with van der Waals surface area (Å²) in [6.45, 7) is 9.02. The Morgan fingerprint density at radius 1 is 1.05 bits per heavy atom. The van der Waals surface area contributed by atoms with E-state index >= 15 is 0 Å². The molecule has 198 valence electrons. The number of rotatable bonds is 9. The summed E-state index contributed by atoms with van der Waals surface area (Å²) in [5.74, 6) is 1.35. The van der Waals surface area contributed by atoms with Crippen molar-refractivity contribution < 1.29 is 19.1 Å². The fourth-order valence-electron chi connectivity index (χ4n) is 5.41. The first-order chi connectivity index (χ1) is 17.8. The minimum absolute atomic E-state index is 0.0179. The van der Waals surface area contributed by atoms with Crippen molar-refractivity contribution in [2.24, 2.45) is 5.41 Å². The van der Waals surface area contributed by atoms with Crippen LogP contribution in [0.15, 0.2) is 53.7 Å². The Morgan fingerprint density at radius 2 is 1.84 bits per heavy atom. The monoisotopic (exact) mass is 504 g/mol. The molecule has 0 fully saturated rings. The zero-order valence-corrected chi connectivity index (χ0v) is 22.9. The summed E-state index contributed by atoms with van der Waals surface area (Å²) in [7, 11) is 1.62. The zero-order chi connectivity index (χ0) is 26.6. The average Bonchev–Trinajstić information content (AvgIpc) is 3.01. The lowest BCUT2D eigenvalue weighted by atomic mass is 9.73. The number of nitrogens with one attached hydrogen (secondary N) is 1. The van der Waals surface area contributed by atoms with Crippen LogP contribution in [0.4, 0.5) is 11.4 Å². The lowest BCUT2D eigenvalue weighted by Gasteiger charge is -2.37. The lowest BCUT2D eigenvalue weighted by Crippen LogP contribution is -2.39. The number of para-hydroxylation sites is 2. The van der Waals surface area contributed by atoms with Crippen LogP contribution in [0.2, 0.25) is 0 Å². The van der Waals surface area contributed by atoms with Crippen LogP contribution in [-0.4, -0.2) is 25.4 Å². The number of ether oxygens (including phenoxy) is 2. The summed E-state index contributed by atoms with van der Waals surface area (Å²) >= 11 is 0. The molecule has 1 N–H and O–H groups in total. The molecular formula is C31H40N2O4. The van der Waals surface area contributed by atoms with Gasteiger partial charge in [0.1, 0.15) is 0 Å². The van der Waals surface area contributed by atoms with Gasteiger partial charge in [-0.1, -0.05) is 58.7 Å². The van der Waals surface area contributed by atoms with Gasteiger partial charge in [0.25, 0.3) is 0 Å². The maximum atomic E-state index is 14.0. The first kappa shape index (κ1) is 26.8. The first-order valence-electron chi connectivity index (χ1n) is 13.5. The van der Waals surface area contributed by atoms with Gasteiger partial charge in [0, 0.05) is 24.1 Å². The van der Waals surface area contributed by atoms with E-state index in [2.05, 4.69) is 33.0 Å². The van der Waals surface area contributed by atoms with Gasteiger partial charge in [-0.25, -0.2) is 0 Å². The SMILES string of the molecule is CCCCCC(=O)N1c2ccccc2NC2=C(C(=O)CC(C)(C)C2)[C@@H]1c1ccc(OCCC)c(OC)c1. The normalized spacial score (nSPS) is 18.5. The molecular weight excluding hydrogens is 464 g/mol. The fourth-order valence-corrected chi connectivity index (χ4v) is 5.41. The van der Waals surface area contributed by atoms with E-state index in [-0.39, 0.29) is 17.1 Å². The summed E-state index contributed by atoms with van der Waals surface area (Å²) in [6.07, 6.45) is 5.32. The number of hydrogen-bond donors (Lipinski definition) is 1. The summed E-state index contributed by atoms with van der Waals surface area (Å²) in [5.41, 5.74) is 3.87. The topological polar surface area (TPSA) is 67.9 Å². The summed E-state index contributed by atoms with van der Waals surface area (Å²) in [5, 5.41) is 3.58. The van der Waals surface area contributed by atoms with Crippen molar-refractivity contribution in [3.05, 3.63) is 59.3 Å². The highest BCUT2D eigenvalue weighted by Crippen LogP contribution is 2.49. The Kier molecular flexibility index (Phi) is 8.25. The Morgan fingerprint density at radius 3 is 2.57 bits per heavy atom.